The van der Waals surface area contributed by atoms with Crippen molar-refractivity contribution in [2.45, 2.75) is 57.9 Å². The van der Waals surface area contributed by atoms with E-state index in [0.29, 0.717) is 13.1 Å². The van der Waals surface area contributed by atoms with Gasteiger partial charge in [-0.15, -0.1) is 11.3 Å². The maximum Gasteiger partial charge on any atom is 0.227 e. The van der Waals surface area contributed by atoms with Gasteiger partial charge in [-0.1, -0.05) is 19.3 Å². The zero-order valence-corrected chi connectivity index (χ0v) is 12.9. The summed E-state index contributed by atoms with van der Waals surface area (Å²) in [5, 5.41) is 3.14. The molecule has 0 unspecified atom stereocenters. The van der Waals surface area contributed by atoms with Gasteiger partial charge in [0.2, 0.25) is 5.91 Å². The van der Waals surface area contributed by atoms with E-state index in [1.54, 1.807) is 0 Å². The number of rotatable bonds is 4. The van der Waals surface area contributed by atoms with Crippen LogP contribution < -0.4 is 11.1 Å². The number of fused-ring (bicyclic) bond motifs is 1. The summed E-state index contributed by atoms with van der Waals surface area (Å²) in [5.74, 6) is 0.174. The molecular weight excluding hydrogens is 268 g/mol. The van der Waals surface area contributed by atoms with Crippen molar-refractivity contribution in [3.8, 4) is 0 Å². The fraction of sp³-hybridized carbons (Fsp3) is 0.688. The third-order valence-electron chi connectivity index (χ3n) is 4.90. The number of amides is 1. The number of thiophene rings is 1. The van der Waals surface area contributed by atoms with E-state index in [-0.39, 0.29) is 11.3 Å². The highest BCUT2D eigenvalue weighted by Crippen LogP contribution is 2.36. The summed E-state index contributed by atoms with van der Waals surface area (Å²) in [6.45, 7) is 1.16. The van der Waals surface area contributed by atoms with Gasteiger partial charge in [-0.25, -0.2) is 0 Å². The molecule has 1 heterocycles. The fourth-order valence-corrected chi connectivity index (χ4v) is 4.79. The number of aryl methyl sites for hydroxylation is 2. The average molecular weight is 292 g/mol. The van der Waals surface area contributed by atoms with Crippen molar-refractivity contribution < 1.29 is 4.79 Å². The molecule has 0 radical (unpaired) electrons. The fourth-order valence-electron chi connectivity index (χ4n) is 3.59. The Kier molecular flexibility index (Phi) is 4.13. The summed E-state index contributed by atoms with van der Waals surface area (Å²) in [7, 11) is 0. The van der Waals surface area contributed by atoms with Crippen molar-refractivity contribution in [3.63, 3.8) is 0 Å². The molecule has 0 atom stereocenters. The van der Waals surface area contributed by atoms with Crippen LogP contribution in [-0.2, 0) is 24.2 Å². The third kappa shape index (κ3) is 2.63. The molecule has 1 fully saturated rings. The number of nitrogens with two attached hydrogens (primary N) is 1. The number of carbonyl (C=O) groups is 1. The van der Waals surface area contributed by atoms with Crippen LogP contribution in [0, 0.1) is 5.41 Å². The van der Waals surface area contributed by atoms with Crippen molar-refractivity contribution >= 4 is 17.2 Å². The summed E-state index contributed by atoms with van der Waals surface area (Å²) in [6.07, 6.45) is 9.16. The Morgan fingerprint density at radius 1 is 1.25 bits per heavy atom. The van der Waals surface area contributed by atoms with E-state index in [1.807, 2.05) is 11.3 Å². The quantitative estimate of drug-likeness (QED) is 0.896. The molecule has 0 spiro atoms. The lowest BCUT2D eigenvalue weighted by atomic mass is 9.73. The molecule has 1 aromatic rings. The summed E-state index contributed by atoms with van der Waals surface area (Å²) in [4.78, 5) is 15.3. The van der Waals surface area contributed by atoms with Crippen LogP contribution >= 0.6 is 11.3 Å². The summed E-state index contributed by atoms with van der Waals surface area (Å²) < 4.78 is 0. The van der Waals surface area contributed by atoms with Crippen LogP contribution in [0.15, 0.2) is 6.07 Å². The monoisotopic (exact) mass is 292 g/mol. The standard InChI is InChI=1S/C16H24N2OS/c17-11-16(7-2-1-3-8-16)15(19)18-10-13-9-12-5-4-6-14(12)20-13/h9H,1-8,10-11,17H2,(H,18,19). The first-order valence-corrected chi connectivity index (χ1v) is 8.64. The number of nitrogens with one attached hydrogen (secondary N) is 1. The summed E-state index contributed by atoms with van der Waals surface area (Å²) in [5.41, 5.74) is 7.12. The topological polar surface area (TPSA) is 55.1 Å². The van der Waals surface area contributed by atoms with Crippen LogP contribution in [-0.4, -0.2) is 12.5 Å². The van der Waals surface area contributed by atoms with Crippen LogP contribution in [0.4, 0.5) is 0 Å². The third-order valence-corrected chi connectivity index (χ3v) is 6.14. The van der Waals surface area contributed by atoms with Crippen LogP contribution in [0.3, 0.4) is 0 Å². The second-order valence-corrected chi connectivity index (χ2v) is 7.46. The lowest BCUT2D eigenvalue weighted by Crippen LogP contribution is -2.46. The Hall–Kier alpha value is -0.870. The van der Waals surface area contributed by atoms with Gasteiger partial charge in [0.25, 0.3) is 0 Å². The van der Waals surface area contributed by atoms with E-state index in [2.05, 4.69) is 11.4 Å². The minimum Gasteiger partial charge on any atom is -0.351 e. The molecule has 110 valence electrons. The highest BCUT2D eigenvalue weighted by molar-refractivity contribution is 7.12. The highest BCUT2D eigenvalue weighted by Gasteiger charge is 2.37. The Morgan fingerprint density at radius 3 is 2.75 bits per heavy atom. The average Bonchev–Trinajstić information content (AvgIpc) is 3.06. The normalized spacial score (nSPS) is 20.6. The van der Waals surface area contributed by atoms with Gasteiger partial charge >= 0.3 is 0 Å². The first-order chi connectivity index (χ1) is 9.73. The Labute approximate surface area is 124 Å². The van der Waals surface area contributed by atoms with Crippen molar-refractivity contribution in [3.05, 3.63) is 21.4 Å². The largest absolute Gasteiger partial charge is 0.351 e. The molecule has 2 aliphatic rings. The van der Waals surface area contributed by atoms with Crippen molar-refractivity contribution in [2.24, 2.45) is 11.1 Å². The molecule has 1 saturated carbocycles. The molecule has 3 N–H and O–H groups in total. The van der Waals surface area contributed by atoms with E-state index in [1.165, 1.54) is 41.0 Å². The van der Waals surface area contributed by atoms with Gasteiger partial charge in [0, 0.05) is 16.3 Å². The molecule has 3 nitrogen and oxygen atoms in total. The smallest absolute Gasteiger partial charge is 0.227 e. The molecule has 1 amide bonds. The van der Waals surface area contributed by atoms with Gasteiger partial charge in [-0.3, -0.25) is 4.79 Å². The molecule has 1 aromatic heterocycles. The molecular formula is C16H24N2OS. The predicted octanol–water partition coefficient (Wildman–Crippen LogP) is 2.76. The predicted molar refractivity (Wildman–Crippen MR) is 82.8 cm³/mol. The van der Waals surface area contributed by atoms with Crippen molar-refractivity contribution in [1.29, 1.82) is 0 Å². The van der Waals surface area contributed by atoms with E-state index < -0.39 is 0 Å². The van der Waals surface area contributed by atoms with Crippen molar-refractivity contribution in [1.82, 2.24) is 5.32 Å². The molecule has 0 aliphatic heterocycles. The van der Waals surface area contributed by atoms with Gasteiger partial charge in [0.1, 0.15) is 0 Å². The molecule has 4 heteroatoms. The minimum absolute atomic E-state index is 0.174. The number of carbonyl (C=O) groups excluding carboxylic acids is 1. The zero-order chi connectivity index (χ0) is 14.0. The molecule has 3 rings (SSSR count). The molecule has 0 bridgehead atoms. The lowest BCUT2D eigenvalue weighted by Gasteiger charge is -2.34. The maximum atomic E-state index is 12.5. The maximum absolute atomic E-state index is 12.5. The minimum atomic E-state index is -0.293. The summed E-state index contributed by atoms with van der Waals surface area (Å²) in [6, 6.07) is 2.28. The van der Waals surface area contributed by atoms with Crippen LogP contribution in [0.25, 0.3) is 0 Å². The van der Waals surface area contributed by atoms with Crippen molar-refractivity contribution in [2.75, 3.05) is 6.54 Å². The zero-order valence-electron chi connectivity index (χ0n) is 12.0. The highest BCUT2D eigenvalue weighted by atomic mass is 32.1. The lowest BCUT2D eigenvalue weighted by molar-refractivity contribution is -0.132. The Balaban J connectivity index is 1.60. The van der Waals surface area contributed by atoms with E-state index in [0.717, 1.165) is 25.7 Å². The number of hydrogen-bond acceptors (Lipinski definition) is 3. The molecule has 20 heavy (non-hydrogen) atoms. The van der Waals surface area contributed by atoms with E-state index in [4.69, 9.17) is 5.73 Å². The second-order valence-electron chi connectivity index (χ2n) is 6.24. The molecule has 0 saturated heterocycles. The Bertz CT molecular complexity index is 467. The first-order valence-electron chi connectivity index (χ1n) is 7.82. The molecule has 2 aliphatic carbocycles. The Morgan fingerprint density at radius 2 is 2.05 bits per heavy atom. The van der Waals surface area contributed by atoms with Gasteiger partial charge in [-0.05, 0) is 43.7 Å². The number of hydrogen-bond donors (Lipinski definition) is 2. The molecule has 0 aromatic carbocycles. The second kappa shape index (κ2) is 5.86. The van der Waals surface area contributed by atoms with Crippen LogP contribution in [0.5, 0.6) is 0 Å². The van der Waals surface area contributed by atoms with Crippen LogP contribution in [0.1, 0.15) is 53.8 Å². The first kappa shape index (κ1) is 14.1. The van der Waals surface area contributed by atoms with Gasteiger partial charge in [0.15, 0.2) is 0 Å². The van der Waals surface area contributed by atoms with Gasteiger partial charge in [0.05, 0.1) is 12.0 Å². The summed E-state index contributed by atoms with van der Waals surface area (Å²) >= 11 is 1.87. The van der Waals surface area contributed by atoms with E-state index >= 15 is 0 Å². The van der Waals surface area contributed by atoms with Crippen LogP contribution in [0.2, 0.25) is 0 Å². The van der Waals surface area contributed by atoms with Gasteiger partial charge < -0.3 is 11.1 Å². The SMILES string of the molecule is NCC1(C(=O)NCc2cc3c(s2)CCC3)CCCCC1. The van der Waals surface area contributed by atoms with Gasteiger partial charge in [-0.2, -0.15) is 0 Å². The van der Waals surface area contributed by atoms with E-state index in [9.17, 15) is 4.79 Å².